The van der Waals surface area contributed by atoms with Crippen molar-refractivity contribution in [2.45, 2.75) is 24.7 Å². The van der Waals surface area contributed by atoms with Crippen LogP contribution in [0, 0.1) is 0 Å². The molecule has 0 saturated carbocycles. The SMILES string of the molecule is C=C(C)C(=O)OC(C(F)S(=O)(=O)OF)C(F)(F)F. The largest absolute Gasteiger partial charge is 0.445 e. The topological polar surface area (TPSA) is 69.7 Å². The Kier molecular flexibility index (Phi) is 5.22. The lowest BCUT2D eigenvalue weighted by Gasteiger charge is -2.22. The van der Waals surface area contributed by atoms with Crippen molar-refractivity contribution in [3.63, 3.8) is 0 Å². The van der Waals surface area contributed by atoms with Crippen LogP contribution in [0.4, 0.5) is 22.1 Å². The normalized spacial score (nSPS) is 15.9. The van der Waals surface area contributed by atoms with E-state index in [0.717, 1.165) is 6.92 Å². The molecule has 0 radical (unpaired) electrons. The zero-order chi connectivity index (χ0) is 14.7. The summed E-state index contributed by atoms with van der Waals surface area (Å²) in [6.45, 7) is 3.86. The second-order valence-electron chi connectivity index (χ2n) is 3.05. The van der Waals surface area contributed by atoms with Crippen molar-refractivity contribution in [2.24, 2.45) is 0 Å². The number of hydrogen-bond donors (Lipinski definition) is 0. The lowest BCUT2D eigenvalue weighted by molar-refractivity contribution is -0.227. The van der Waals surface area contributed by atoms with E-state index in [-0.39, 0.29) is 0 Å². The Balaban J connectivity index is 5.28. The molecule has 0 rings (SSSR count). The number of carbonyl (C=O) groups is 1. The maximum atomic E-state index is 13.0. The van der Waals surface area contributed by atoms with Crippen molar-refractivity contribution >= 4 is 16.1 Å². The third kappa shape index (κ3) is 4.22. The fourth-order valence-electron chi connectivity index (χ4n) is 0.671. The Labute approximate surface area is 98.2 Å². The van der Waals surface area contributed by atoms with Gasteiger partial charge in [-0.15, -0.1) is 0 Å². The predicted octanol–water partition coefficient (Wildman–Crippen LogP) is 1.56. The first kappa shape index (κ1) is 16.8. The van der Waals surface area contributed by atoms with Crippen LogP contribution in [0.5, 0.6) is 0 Å². The summed E-state index contributed by atoms with van der Waals surface area (Å²) in [5, 5.41) is 0. The molecule has 0 aromatic heterocycles. The molecule has 2 unspecified atom stereocenters. The highest BCUT2D eigenvalue weighted by Gasteiger charge is 2.54. The summed E-state index contributed by atoms with van der Waals surface area (Å²) in [7, 11) is -5.81. The van der Waals surface area contributed by atoms with Crippen molar-refractivity contribution in [2.75, 3.05) is 0 Å². The van der Waals surface area contributed by atoms with E-state index < -0.39 is 39.4 Å². The summed E-state index contributed by atoms with van der Waals surface area (Å²) in [5.74, 6) is -1.69. The van der Waals surface area contributed by atoms with Gasteiger partial charge in [0, 0.05) is 5.57 Å². The fourth-order valence-corrected chi connectivity index (χ4v) is 1.25. The Morgan fingerprint density at radius 2 is 1.78 bits per heavy atom. The minimum absolute atomic E-state index is 0.532. The van der Waals surface area contributed by atoms with Gasteiger partial charge in [0.1, 0.15) is 0 Å². The molecule has 11 heteroatoms. The van der Waals surface area contributed by atoms with Gasteiger partial charge in [0.25, 0.3) is 5.50 Å². The van der Waals surface area contributed by atoms with E-state index in [9.17, 15) is 35.3 Å². The minimum Gasteiger partial charge on any atom is -0.445 e. The Morgan fingerprint density at radius 3 is 2.06 bits per heavy atom. The quantitative estimate of drug-likeness (QED) is 0.438. The summed E-state index contributed by atoms with van der Waals surface area (Å²) in [6, 6.07) is 0. The van der Waals surface area contributed by atoms with Gasteiger partial charge < -0.3 is 4.74 Å². The first-order valence-corrected chi connectivity index (χ1v) is 5.52. The molecule has 0 aromatic rings. The molecule has 2 atom stereocenters. The van der Waals surface area contributed by atoms with Gasteiger partial charge in [0.15, 0.2) is 0 Å². The number of esters is 1. The monoisotopic (exact) mass is 298 g/mol. The van der Waals surface area contributed by atoms with Gasteiger partial charge in [0.05, 0.1) is 0 Å². The molecule has 0 aliphatic heterocycles. The van der Waals surface area contributed by atoms with Crippen molar-refractivity contribution in [1.82, 2.24) is 0 Å². The molecule has 0 aliphatic carbocycles. The van der Waals surface area contributed by atoms with E-state index in [4.69, 9.17) is 0 Å². The van der Waals surface area contributed by atoms with Crippen molar-refractivity contribution < 1.29 is 44.4 Å². The number of rotatable bonds is 5. The maximum absolute atomic E-state index is 13.0. The number of halogens is 5. The van der Waals surface area contributed by atoms with Crippen LogP contribution in [0.1, 0.15) is 6.92 Å². The third-order valence-electron chi connectivity index (χ3n) is 1.51. The predicted molar refractivity (Wildman–Crippen MR) is 46.8 cm³/mol. The van der Waals surface area contributed by atoms with Gasteiger partial charge in [-0.05, 0) is 11.4 Å². The molecule has 0 heterocycles. The van der Waals surface area contributed by atoms with Gasteiger partial charge in [-0.3, -0.25) is 0 Å². The van der Waals surface area contributed by atoms with Gasteiger partial charge in [-0.1, -0.05) is 11.0 Å². The molecule has 5 nitrogen and oxygen atoms in total. The zero-order valence-corrected chi connectivity index (χ0v) is 9.52. The second-order valence-corrected chi connectivity index (χ2v) is 4.62. The van der Waals surface area contributed by atoms with E-state index in [1.807, 2.05) is 0 Å². The van der Waals surface area contributed by atoms with Crippen LogP contribution in [0.3, 0.4) is 0 Å². The second kappa shape index (κ2) is 5.61. The van der Waals surface area contributed by atoms with Crippen LogP contribution in [-0.4, -0.2) is 32.2 Å². The van der Waals surface area contributed by atoms with Crippen molar-refractivity contribution in [3.8, 4) is 0 Å². The van der Waals surface area contributed by atoms with Crippen molar-refractivity contribution in [1.29, 1.82) is 0 Å². The lowest BCUT2D eigenvalue weighted by Crippen LogP contribution is -2.45. The van der Waals surface area contributed by atoms with E-state index in [2.05, 4.69) is 15.7 Å². The molecule has 0 fully saturated rings. The van der Waals surface area contributed by atoms with E-state index >= 15 is 0 Å². The van der Waals surface area contributed by atoms with Gasteiger partial charge in [-0.2, -0.15) is 21.6 Å². The van der Waals surface area contributed by atoms with Crippen LogP contribution in [0.25, 0.3) is 0 Å². The average molecular weight is 298 g/mol. The molecular formula is C7H7F5O5S. The Morgan fingerprint density at radius 1 is 1.33 bits per heavy atom. The summed E-state index contributed by atoms with van der Waals surface area (Å²) in [5.41, 5.74) is -4.49. The van der Waals surface area contributed by atoms with Gasteiger partial charge >= 0.3 is 22.3 Å². The highest BCUT2D eigenvalue weighted by Crippen LogP contribution is 2.30. The van der Waals surface area contributed by atoms with E-state index in [1.54, 1.807) is 0 Å². The number of hydrogen-bond acceptors (Lipinski definition) is 5. The highest BCUT2D eigenvalue weighted by molar-refractivity contribution is 7.87. The molecule has 0 spiro atoms. The molecule has 0 bridgehead atoms. The first-order valence-electron chi connectivity index (χ1n) is 4.04. The van der Waals surface area contributed by atoms with E-state index in [1.165, 1.54) is 0 Å². The standard InChI is InChI=1S/C7H7F5O5S/c1-3(2)6(13)16-4(7(9,10)11)5(8)18(14,15)17-12/h4-5H,1H2,2H3. The summed E-state index contributed by atoms with van der Waals surface area (Å²) < 4.78 is 87.8. The summed E-state index contributed by atoms with van der Waals surface area (Å²) in [4.78, 5) is 10.8. The number of carbonyl (C=O) groups excluding carboxylic acids is 1. The average Bonchev–Trinajstić information content (AvgIpc) is 2.22. The van der Waals surface area contributed by atoms with E-state index in [0.29, 0.717) is 0 Å². The molecule has 0 aliphatic rings. The summed E-state index contributed by atoms with van der Waals surface area (Å²) >= 11 is 0. The zero-order valence-electron chi connectivity index (χ0n) is 8.70. The fraction of sp³-hybridized carbons (Fsp3) is 0.571. The van der Waals surface area contributed by atoms with Crippen LogP contribution in [0.15, 0.2) is 12.2 Å². The number of alkyl halides is 4. The minimum atomic E-state index is -5.81. The molecule has 0 saturated heterocycles. The van der Waals surface area contributed by atoms with Crippen LogP contribution in [-0.2, 0) is 24.0 Å². The van der Waals surface area contributed by atoms with Gasteiger partial charge in [-0.25, -0.2) is 9.18 Å². The Bertz CT molecular complexity index is 428. The molecular weight excluding hydrogens is 291 g/mol. The maximum Gasteiger partial charge on any atom is 0.429 e. The number of ether oxygens (including phenoxy) is 1. The third-order valence-corrected chi connectivity index (χ3v) is 2.48. The lowest BCUT2D eigenvalue weighted by atomic mass is 10.3. The molecule has 0 N–H and O–H groups in total. The van der Waals surface area contributed by atoms with Gasteiger partial charge in [0.2, 0.25) is 6.10 Å². The smallest absolute Gasteiger partial charge is 0.429 e. The Hall–Kier alpha value is -1.23. The van der Waals surface area contributed by atoms with Crippen LogP contribution in [0.2, 0.25) is 0 Å². The van der Waals surface area contributed by atoms with Crippen molar-refractivity contribution in [3.05, 3.63) is 12.2 Å². The highest BCUT2D eigenvalue weighted by atomic mass is 32.2. The molecule has 18 heavy (non-hydrogen) atoms. The molecule has 0 amide bonds. The van der Waals surface area contributed by atoms with Crippen LogP contribution >= 0.6 is 0 Å². The summed E-state index contributed by atoms with van der Waals surface area (Å²) in [6.07, 6.45) is -9.29. The first-order chi connectivity index (χ1) is 7.93. The molecule has 106 valence electrons. The van der Waals surface area contributed by atoms with Crippen LogP contribution < -0.4 is 0 Å². The molecule has 0 aromatic carbocycles.